The van der Waals surface area contributed by atoms with Gasteiger partial charge in [0.25, 0.3) is 0 Å². The topological polar surface area (TPSA) is 18.5 Å². The van der Waals surface area contributed by atoms with E-state index in [2.05, 4.69) is 18.7 Å². The summed E-state index contributed by atoms with van der Waals surface area (Å²) >= 11 is 0. The summed E-state index contributed by atoms with van der Waals surface area (Å²) in [6.45, 7) is 6.37. The SMILES string of the molecule is C=CC[C@H](OC)[C@@H](C)OCc1ccccc1. The number of benzene rings is 1. The van der Waals surface area contributed by atoms with E-state index in [0.717, 1.165) is 6.42 Å². The van der Waals surface area contributed by atoms with Crippen molar-refractivity contribution < 1.29 is 9.47 Å². The van der Waals surface area contributed by atoms with Crippen LogP contribution in [0.4, 0.5) is 0 Å². The van der Waals surface area contributed by atoms with E-state index in [1.54, 1.807) is 7.11 Å². The molecule has 0 radical (unpaired) electrons. The standard InChI is InChI=1S/C14H20O2/c1-4-8-14(15-3)12(2)16-11-13-9-6-5-7-10-13/h4-7,9-10,12,14H,1,8,11H2,2-3H3/t12-,14+/m1/s1. The Morgan fingerprint density at radius 2 is 2.00 bits per heavy atom. The number of hydrogen-bond donors (Lipinski definition) is 0. The van der Waals surface area contributed by atoms with E-state index in [1.807, 2.05) is 31.2 Å². The van der Waals surface area contributed by atoms with Gasteiger partial charge in [0, 0.05) is 7.11 Å². The second kappa shape index (κ2) is 7.20. The lowest BCUT2D eigenvalue weighted by atomic mass is 10.1. The van der Waals surface area contributed by atoms with Crippen LogP contribution in [-0.2, 0) is 16.1 Å². The van der Waals surface area contributed by atoms with Gasteiger partial charge < -0.3 is 9.47 Å². The van der Waals surface area contributed by atoms with Crippen molar-refractivity contribution in [1.82, 2.24) is 0 Å². The zero-order valence-corrected chi connectivity index (χ0v) is 10.1. The Bertz CT molecular complexity index is 295. The maximum atomic E-state index is 5.76. The predicted octanol–water partition coefficient (Wildman–Crippen LogP) is 3.18. The molecule has 88 valence electrons. The summed E-state index contributed by atoms with van der Waals surface area (Å²) in [4.78, 5) is 0. The van der Waals surface area contributed by atoms with E-state index in [-0.39, 0.29) is 12.2 Å². The first-order chi connectivity index (χ1) is 7.77. The zero-order valence-electron chi connectivity index (χ0n) is 10.1. The van der Waals surface area contributed by atoms with Gasteiger partial charge in [-0.2, -0.15) is 0 Å². The molecular weight excluding hydrogens is 200 g/mol. The molecule has 0 unspecified atom stereocenters. The van der Waals surface area contributed by atoms with Gasteiger partial charge in [-0.15, -0.1) is 6.58 Å². The molecule has 0 saturated heterocycles. The quantitative estimate of drug-likeness (QED) is 0.657. The van der Waals surface area contributed by atoms with Crippen LogP contribution in [0.1, 0.15) is 18.9 Å². The molecule has 0 N–H and O–H groups in total. The largest absolute Gasteiger partial charge is 0.378 e. The van der Waals surface area contributed by atoms with Gasteiger partial charge in [-0.1, -0.05) is 36.4 Å². The average molecular weight is 220 g/mol. The molecule has 0 aliphatic carbocycles. The molecule has 0 aliphatic heterocycles. The first-order valence-corrected chi connectivity index (χ1v) is 5.57. The van der Waals surface area contributed by atoms with Gasteiger partial charge in [0.05, 0.1) is 18.8 Å². The molecule has 2 nitrogen and oxygen atoms in total. The Kier molecular flexibility index (Phi) is 5.83. The molecule has 0 aromatic heterocycles. The van der Waals surface area contributed by atoms with Crippen LogP contribution in [-0.4, -0.2) is 19.3 Å². The van der Waals surface area contributed by atoms with Crippen molar-refractivity contribution in [3.8, 4) is 0 Å². The molecule has 2 atom stereocenters. The van der Waals surface area contributed by atoms with E-state index in [9.17, 15) is 0 Å². The summed E-state index contributed by atoms with van der Waals surface area (Å²) in [5.74, 6) is 0. The summed E-state index contributed by atoms with van der Waals surface area (Å²) in [6.07, 6.45) is 2.83. The van der Waals surface area contributed by atoms with Crippen LogP contribution in [0.2, 0.25) is 0 Å². The van der Waals surface area contributed by atoms with Crippen LogP contribution < -0.4 is 0 Å². The molecule has 0 amide bonds. The Hall–Kier alpha value is -1.12. The summed E-state index contributed by atoms with van der Waals surface area (Å²) < 4.78 is 11.1. The fraction of sp³-hybridized carbons (Fsp3) is 0.429. The monoisotopic (exact) mass is 220 g/mol. The summed E-state index contributed by atoms with van der Waals surface area (Å²) in [5, 5.41) is 0. The maximum absolute atomic E-state index is 5.76. The molecule has 0 bridgehead atoms. The summed E-state index contributed by atoms with van der Waals surface area (Å²) in [5.41, 5.74) is 1.18. The fourth-order valence-electron chi connectivity index (χ4n) is 1.55. The third-order valence-electron chi connectivity index (χ3n) is 2.58. The number of ether oxygens (including phenoxy) is 2. The lowest BCUT2D eigenvalue weighted by Gasteiger charge is -2.21. The van der Waals surface area contributed by atoms with Crippen molar-refractivity contribution in [2.45, 2.75) is 32.2 Å². The average Bonchev–Trinajstić information content (AvgIpc) is 2.34. The van der Waals surface area contributed by atoms with Crippen molar-refractivity contribution in [3.63, 3.8) is 0 Å². The fourth-order valence-corrected chi connectivity index (χ4v) is 1.55. The molecule has 16 heavy (non-hydrogen) atoms. The summed E-state index contributed by atoms with van der Waals surface area (Å²) in [7, 11) is 1.70. The van der Waals surface area contributed by atoms with Crippen LogP contribution in [0.5, 0.6) is 0 Å². The van der Waals surface area contributed by atoms with Crippen LogP contribution in [0.3, 0.4) is 0 Å². The highest BCUT2D eigenvalue weighted by atomic mass is 16.5. The second-order valence-electron chi connectivity index (χ2n) is 3.80. The van der Waals surface area contributed by atoms with Crippen molar-refractivity contribution >= 4 is 0 Å². The highest BCUT2D eigenvalue weighted by molar-refractivity contribution is 5.13. The van der Waals surface area contributed by atoms with Gasteiger partial charge >= 0.3 is 0 Å². The van der Waals surface area contributed by atoms with Crippen molar-refractivity contribution in [2.24, 2.45) is 0 Å². The molecule has 0 saturated carbocycles. The molecule has 0 heterocycles. The van der Waals surface area contributed by atoms with Crippen LogP contribution >= 0.6 is 0 Å². The lowest BCUT2D eigenvalue weighted by molar-refractivity contribution is -0.0523. The zero-order chi connectivity index (χ0) is 11.8. The summed E-state index contributed by atoms with van der Waals surface area (Å²) in [6, 6.07) is 10.1. The van der Waals surface area contributed by atoms with Crippen molar-refractivity contribution in [3.05, 3.63) is 48.6 Å². The van der Waals surface area contributed by atoms with Gasteiger partial charge in [0.2, 0.25) is 0 Å². The Balaban J connectivity index is 2.39. The Morgan fingerprint density at radius 1 is 1.31 bits per heavy atom. The minimum atomic E-state index is 0.0724. The molecule has 0 fully saturated rings. The van der Waals surface area contributed by atoms with Crippen molar-refractivity contribution in [1.29, 1.82) is 0 Å². The molecule has 2 heteroatoms. The minimum absolute atomic E-state index is 0.0724. The van der Waals surface area contributed by atoms with Gasteiger partial charge in [0.15, 0.2) is 0 Å². The van der Waals surface area contributed by atoms with E-state index >= 15 is 0 Å². The Morgan fingerprint density at radius 3 is 2.56 bits per heavy atom. The minimum Gasteiger partial charge on any atom is -0.378 e. The molecule has 1 aromatic carbocycles. The van der Waals surface area contributed by atoms with E-state index in [0.29, 0.717) is 6.61 Å². The van der Waals surface area contributed by atoms with Gasteiger partial charge in [-0.25, -0.2) is 0 Å². The van der Waals surface area contributed by atoms with Gasteiger partial charge in [0.1, 0.15) is 0 Å². The first-order valence-electron chi connectivity index (χ1n) is 5.57. The first kappa shape index (κ1) is 12.9. The van der Waals surface area contributed by atoms with E-state index in [1.165, 1.54) is 5.56 Å². The van der Waals surface area contributed by atoms with Crippen LogP contribution in [0.15, 0.2) is 43.0 Å². The maximum Gasteiger partial charge on any atom is 0.0864 e. The van der Waals surface area contributed by atoms with Crippen LogP contribution in [0.25, 0.3) is 0 Å². The van der Waals surface area contributed by atoms with Crippen LogP contribution in [0, 0.1) is 0 Å². The Labute approximate surface area is 97.9 Å². The second-order valence-corrected chi connectivity index (χ2v) is 3.80. The van der Waals surface area contributed by atoms with E-state index in [4.69, 9.17) is 9.47 Å². The highest BCUT2D eigenvalue weighted by Gasteiger charge is 2.15. The third kappa shape index (κ3) is 4.17. The molecule has 0 aliphatic rings. The predicted molar refractivity (Wildman–Crippen MR) is 66.3 cm³/mol. The molecule has 0 spiro atoms. The molecular formula is C14H20O2. The number of methoxy groups -OCH3 is 1. The van der Waals surface area contributed by atoms with E-state index < -0.39 is 0 Å². The third-order valence-corrected chi connectivity index (χ3v) is 2.58. The highest BCUT2D eigenvalue weighted by Crippen LogP contribution is 2.10. The molecule has 1 aromatic rings. The van der Waals surface area contributed by atoms with Gasteiger partial charge in [-0.05, 0) is 18.9 Å². The smallest absolute Gasteiger partial charge is 0.0864 e. The molecule has 1 rings (SSSR count). The van der Waals surface area contributed by atoms with Crippen molar-refractivity contribution in [2.75, 3.05) is 7.11 Å². The lowest BCUT2D eigenvalue weighted by Crippen LogP contribution is -2.27. The normalized spacial score (nSPS) is 14.4. The number of rotatable bonds is 7. The number of hydrogen-bond acceptors (Lipinski definition) is 2. The van der Waals surface area contributed by atoms with Gasteiger partial charge in [-0.3, -0.25) is 0 Å².